The first-order chi connectivity index (χ1) is 13.6. The van der Waals surface area contributed by atoms with Crippen molar-refractivity contribution in [2.75, 3.05) is 24.2 Å². The zero-order chi connectivity index (χ0) is 21.1. The second kappa shape index (κ2) is 8.97. The van der Waals surface area contributed by atoms with Gasteiger partial charge < -0.3 is 5.32 Å². The Morgan fingerprint density at radius 2 is 1.90 bits per heavy atom. The molecule has 1 aliphatic rings. The molecule has 0 unspecified atom stereocenters. The highest BCUT2D eigenvalue weighted by molar-refractivity contribution is 7.89. The summed E-state index contributed by atoms with van der Waals surface area (Å²) in [6.45, 7) is 0.449. The van der Waals surface area contributed by atoms with E-state index in [-0.39, 0.29) is 12.4 Å². The van der Waals surface area contributed by atoms with Gasteiger partial charge in [-0.3, -0.25) is 0 Å². The van der Waals surface area contributed by atoms with E-state index in [4.69, 9.17) is 0 Å². The molecule has 1 aliphatic carbocycles. The van der Waals surface area contributed by atoms with Crippen molar-refractivity contribution in [3.8, 4) is 11.3 Å². The van der Waals surface area contributed by atoms with Gasteiger partial charge in [-0.2, -0.15) is 13.2 Å². The van der Waals surface area contributed by atoms with E-state index in [2.05, 4.69) is 10.3 Å². The molecule has 1 aromatic heterocycles. The number of unbranched alkanes of at least 4 members (excludes halogenated alkanes) is 1. The Balaban J connectivity index is 1.49. The number of anilines is 1. The predicted octanol–water partition coefficient (Wildman–Crippen LogP) is 4.11. The Morgan fingerprint density at radius 3 is 2.66 bits per heavy atom. The van der Waals surface area contributed by atoms with Gasteiger partial charge in [0.1, 0.15) is 5.82 Å². The molecular weight excluding hydrogens is 430 g/mol. The highest BCUT2D eigenvalue weighted by atomic mass is 32.2. The summed E-state index contributed by atoms with van der Waals surface area (Å²) in [5, 5.41) is 3.86. The van der Waals surface area contributed by atoms with Crippen molar-refractivity contribution in [3.63, 3.8) is 0 Å². The average Bonchev–Trinajstić information content (AvgIpc) is 2.92. The minimum absolute atomic E-state index is 0.0544. The lowest BCUT2D eigenvalue weighted by molar-refractivity contribution is -0.106. The van der Waals surface area contributed by atoms with Crippen LogP contribution in [0, 0.1) is 5.82 Å². The molecule has 0 aliphatic heterocycles. The van der Waals surface area contributed by atoms with Gasteiger partial charge in [-0.05, 0) is 49.8 Å². The molecule has 0 amide bonds. The molecule has 1 aromatic carbocycles. The number of sulfonamides is 1. The monoisotopic (exact) mass is 451 g/mol. The van der Waals surface area contributed by atoms with Gasteiger partial charge in [0.15, 0.2) is 10.9 Å². The fourth-order valence-electron chi connectivity index (χ4n) is 3.17. The predicted molar refractivity (Wildman–Crippen MR) is 105 cm³/mol. The molecule has 2 N–H and O–H groups in total. The molecule has 0 spiro atoms. The quantitative estimate of drug-likeness (QED) is 0.468. The molecule has 5 nitrogen and oxygen atoms in total. The molecule has 3 rings (SSSR count). The number of thiazole rings is 1. The van der Waals surface area contributed by atoms with Gasteiger partial charge in [0, 0.05) is 23.5 Å². The number of halogens is 4. The number of alkyl halides is 3. The second-order valence-corrected chi connectivity index (χ2v) is 9.74. The molecule has 0 fully saturated rings. The zero-order valence-electron chi connectivity index (χ0n) is 15.5. The number of aryl methyl sites for hydroxylation is 2. The molecule has 0 saturated heterocycles. The van der Waals surface area contributed by atoms with E-state index >= 15 is 0 Å². The summed E-state index contributed by atoms with van der Waals surface area (Å²) in [5.74, 6) is -2.17. The van der Waals surface area contributed by atoms with Crippen LogP contribution in [0.25, 0.3) is 11.3 Å². The van der Waals surface area contributed by atoms with Crippen LogP contribution in [0.15, 0.2) is 18.2 Å². The average molecular weight is 452 g/mol. The summed E-state index contributed by atoms with van der Waals surface area (Å²) in [5.41, 5.74) is 2.69. The van der Waals surface area contributed by atoms with Gasteiger partial charge in [-0.25, -0.2) is 22.5 Å². The third kappa shape index (κ3) is 6.38. The lowest BCUT2D eigenvalue weighted by atomic mass is 10.0. The number of aromatic nitrogens is 1. The lowest BCUT2D eigenvalue weighted by Crippen LogP contribution is -2.34. The molecule has 29 heavy (non-hydrogen) atoms. The SMILES string of the molecule is O=S(=O)(CC(F)(F)F)NCCCCNc1nc2c(s1)CCCc1ccc(F)cc1-2. The van der Waals surface area contributed by atoms with E-state index in [1.54, 1.807) is 6.07 Å². The molecule has 0 saturated carbocycles. The summed E-state index contributed by atoms with van der Waals surface area (Å²) in [6, 6.07) is 4.76. The summed E-state index contributed by atoms with van der Waals surface area (Å²) >= 11 is 1.51. The minimum Gasteiger partial charge on any atom is -0.361 e. The maximum Gasteiger partial charge on any atom is 0.404 e. The van der Waals surface area contributed by atoms with E-state index in [1.165, 1.54) is 23.5 Å². The van der Waals surface area contributed by atoms with Crippen LogP contribution in [0.4, 0.5) is 22.7 Å². The highest BCUT2D eigenvalue weighted by Crippen LogP contribution is 2.37. The van der Waals surface area contributed by atoms with Crippen molar-refractivity contribution >= 4 is 26.5 Å². The van der Waals surface area contributed by atoms with Gasteiger partial charge in [-0.15, -0.1) is 11.3 Å². The summed E-state index contributed by atoms with van der Waals surface area (Å²) in [7, 11) is -4.35. The number of rotatable bonds is 8. The van der Waals surface area contributed by atoms with Crippen LogP contribution in [-0.2, 0) is 22.9 Å². The van der Waals surface area contributed by atoms with Crippen LogP contribution in [0.3, 0.4) is 0 Å². The third-order valence-electron chi connectivity index (χ3n) is 4.43. The fourth-order valence-corrected chi connectivity index (χ4v) is 5.20. The Labute approximate surface area is 170 Å². The first-order valence-corrected chi connectivity index (χ1v) is 11.7. The number of hydrogen-bond donors (Lipinski definition) is 2. The van der Waals surface area contributed by atoms with Crippen molar-refractivity contribution < 1.29 is 26.0 Å². The van der Waals surface area contributed by atoms with E-state index < -0.39 is 22.0 Å². The Hall–Kier alpha value is -1.72. The second-order valence-electron chi connectivity index (χ2n) is 6.85. The molecule has 11 heteroatoms. The Morgan fingerprint density at radius 1 is 1.14 bits per heavy atom. The highest BCUT2D eigenvalue weighted by Gasteiger charge is 2.34. The summed E-state index contributed by atoms with van der Waals surface area (Å²) in [4.78, 5) is 5.69. The maximum absolute atomic E-state index is 13.7. The van der Waals surface area contributed by atoms with E-state index in [9.17, 15) is 26.0 Å². The molecule has 2 aromatic rings. The number of benzene rings is 1. The molecular formula is C18H21F4N3O2S2. The van der Waals surface area contributed by atoms with Gasteiger partial charge in [-0.1, -0.05) is 6.07 Å². The smallest absolute Gasteiger partial charge is 0.361 e. The van der Waals surface area contributed by atoms with Gasteiger partial charge >= 0.3 is 6.18 Å². The maximum atomic E-state index is 13.7. The molecule has 160 valence electrons. The van der Waals surface area contributed by atoms with Crippen molar-refractivity contribution in [3.05, 3.63) is 34.5 Å². The Kier molecular flexibility index (Phi) is 6.79. The minimum atomic E-state index is -4.75. The molecule has 0 atom stereocenters. The number of nitrogens with zero attached hydrogens (tertiary/aromatic N) is 1. The van der Waals surface area contributed by atoms with Crippen molar-refractivity contribution in [1.29, 1.82) is 0 Å². The van der Waals surface area contributed by atoms with E-state index in [0.29, 0.717) is 24.5 Å². The standard InChI is InChI=1S/C18H21F4N3O2S2/c19-13-7-6-12-4-3-5-15-16(14(12)10-13)25-17(28-15)23-8-1-2-9-24-29(26,27)11-18(20,21)22/h6-7,10,24H,1-5,8-9,11H2,(H,23,25). The van der Waals surface area contributed by atoms with Crippen molar-refractivity contribution in [1.82, 2.24) is 9.71 Å². The van der Waals surface area contributed by atoms with Crippen LogP contribution in [-0.4, -0.2) is 38.4 Å². The third-order valence-corrected chi connectivity index (χ3v) is 6.85. The number of fused-ring (bicyclic) bond motifs is 3. The van der Waals surface area contributed by atoms with Crippen LogP contribution in [0.5, 0.6) is 0 Å². The lowest BCUT2D eigenvalue weighted by Gasteiger charge is -2.09. The van der Waals surface area contributed by atoms with E-state index in [1.807, 2.05) is 4.72 Å². The largest absolute Gasteiger partial charge is 0.404 e. The van der Waals surface area contributed by atoms with Gasteiger partial charge in [0.05, 0.1) is 5.69 Å². The topological polar surface area (TPSA) is 71.1 Å². The Bertz CT molecular complexity index is 959. The van der Waals surface area contributed by atoms with Crippen molar-refractivity contribution in [2.24, 2.45) is 0 Å². The summed E-state index contributed by atoms with van der Waals surface area (Å²) in [6.07, 6.45) is -1.09. The van der Waals surface area contributed by atoms with Crippen LogP contribution >= 0.6 is 11.3 Å². The first-order valence-electron chi connectivity index (χ1n) is 9.19. The van der Waals surface area contributed by atoms with Gasteiger partial charge in [0.2, 0.25) is 10.0 Å². The van der Waals surface area contributed by atoms with Crippen molar-refractivity contribution in [2.45, 2.75) is 38.3 Å². The van der Waals surface area contributed by atoms with E-state index in [0.717, 1.165) is 41.0 Å². The zero-order valence-corrected chi connectivity index (χ0v) is 17.1. The fraction of sp³-hybridized carbons (Fsp3) is 0.500. The van der Waals surface area contributed by atoms with Crippen LogP contribution in [0.1, 0.15) is 29.7 Å². The normalized spacial score (nSPS) is 14.2. The first kappa shape index (κ1) is 22.0. The number of hydrogen-bond acceptors (Lipinski definition) is 5. The molecule has 0 bridgehead atoms. The molecule has 1 heterocycles. The van der Waals surface area contributed by atoms with Crippen LogP contribution in [0.2, 0.25) is 0 Å². The van der Waals surface area contributed by atoms with Crippen LogP contribution < -0.4 is 10.0 Å². The van der Waals surface area contributed by atoms with Gasteiger partial charge in [0.25, 0.3) is 0 Å². The number of nitrogens with one attached hydrogen (secondary N) is 2. The molecule has 0 radical (unpaired) electrons. The summed E-state index contributed by atoms with van der Waals surface area (Å²) < 4.78 is 74.6.